The third kappa shape index (κ3) is 5.51. The maximum absolute atomic E-state index is 12.5. The Bertz CT molecular complexity index is 434. The number of likely N-dealkylation sites (N-methyl/N-ethyl adjacent to an activating group) is 1. The lowest BCUT2D eigenvalue weighted by molar-refractivity contribution is -0.145. The van der Waals surface area contributed by atoms with Gasteiger partial charge >= 0.3 is 5.97 Å². The maximum Gasteiger partial charge on any atom is 0.307 e. The number of carbonyl (C=O) groups is 3. The average Bonchev–Trinajstić information content (AvgIpc) is 2.90. The molecule has 126 valence electrons. The fraction of sp³-hybridized carbons (Fsp3) is 0.800. The Balaban J connectivity index is 2.63. The summed E-state index contributed by atoms with van der Waals surface area (Å²) in [6.45, 7) is 6.32. The number of methoxy groups -OCH3 is 1. The van der Waals surface area contributed by atoms with Crippen LogP contribution in [-0.2, 0) is 19.1 Å². The van der Waals surface area contributed by atoms with E-state index < -0.39 is 6.04 Å². The van der Waals surface area contributed by atoms with Crippen molar-refractivity contribution in [2.45, 2.75) is 39.7 Å². The Morgan fingerprint density at radius 1 is 1.32 bits per heavy atom. The van der Waals surface area contributed by atoms with Crippen molar-refractivity contribution in [1.29, 1.82) is 0 Å². The normalized spacial score (nSPS) is 18.2. The van der Waals surface area contributed by atoms with Crippen LogP contribution in [0.1, 0.15) is 33.6 Å². The number of esters is 1. The molecule has 1 heterocycles. The number of amides is 2. The number of nitrogens with zero attached hydrogens (tertiary/aromatic N) is 2. The van der Waals surface area contributed by atoms with Crippen molar-refractivity contribution in [3.8, 4) is 0 Å². The molecule has 0 saturated carbocycles. The standard InChI is InChI=1S/C15H26N2O4S/c1-15(2,3)8-12(18)17-10-22-9-11(17)14(20)16(4)7-6-13(19)21-5/h11H,6-10H2,1-5H3/t11-/m0/s1. The summed E-state index contributed by atoms with van der Waals surface area (Å²) in [5, 5.41) is 0. The molecule has 0 aromatic rings. The van der Waals surface area contributed by atoms with Crippen LogP contribution in [0.25, 0.3) is 0 Å². The largest absolute Gasteiger partial charge is 0.469 e. The molecule has 1 rings (SSSR count). The quantitative estimate of drug-likeness (QED) is 0.712. The third-order valence-corrected chi connectivity index (χ3v) is 4.44. The molecular weight excluding hydrogens is 304 g/mol. The SMILES string of the molecule is COC(=O)CCN(C)C(=O)[C@@H]1CSCN1C(=O)CC(C)(C)C. The minimum atomic E-state index is -0.428. The van der Waals surface area contributed by atoms with Crippen LogP contribution in [0.15, 0.2) is 0 Å². The Kier molecular flexibility index (Phi) is 6.71. The number of ether oxygens (including phenoxy) is 1. The Labute approximate surface area is 136 Å². The van der Waals surface area contributed by atoms with Gasteiger partial charge in [-0.25, -0.2) is 0 Å². The van der Waals surface area contributed by atoms with Crippen molar-refractivity contribution in [1.82, 2.24) is 9.80 Å². The van der Waals surface area contributed by atoms with Crippen LogP contribution in [-0.4, -0.2) is 66.0 Å². The van der Waals surface area contributed by atoms with Crippen LogP contribution in [0.4, 0.5) is 0 Å². The molecule has 22 heavy (non-hydrogen) atoms. The zero-order valence-corrected chi connectivity index (χ0v) is 14.9. The number of rotatable bonds is 5. The smallest absolute Gasteiger partial charge is 0.307 e. The molecule has 0 aromatic carbocycles. The van der Waals surface area contributed by atoms with E-state index in [1.807, 2.05) is 20.8 Å². The molecule has 1 fully saturated rings. The lowest BCUT2D eigenvalue weighted by Gasteiger charge is -2.29. The fourth-order valence-corrected chi connectivity index (χ4v) is 3.35. The highest BCUT2D eigenvalue weighted by molar-refractivity contribution is 7.99. The van der Waals surface area contributed by atoms with Gasteiger partial charge in [0.05, 0.1) is 19.4 Å². The first-order valence-electron chi connectivity index (χ1n) is 7.34. The van der Waals surface area contributed by atoms with Crippen molar-refractivity contribution >= 4 is 29.5 Å². The van der Waals surface area contributed by atoms with Crippen molar-refractivity contribution in [2.24, 2.45) is 5.41 Å². The molecule has 0 radical (unpaired) electrons. The van der Waals surface area contributed by atoms with Crippen LogP contribution >= 0.6 is 11.8 Å². The molecule has 0 aromatic heterocycles. The van der Waals surface area contributed by atoms with Crippen LogP contribution in [0.5, 0.6) is 0 Å². The zero-order chi connectivity index (χ0) is 16.9. The van der Waals surface area contributed by atoms with E-state index in [9.17, 15) is 14.4 Å². The summed E-state index contributed by atoms with van der Waals surface area (Å²) in [6.07, 6.45) is 0.581. The molecule has 0 bridgehead atoms. The van der Waals surface area contributed by atoms with Crippen molar-refractivity contribution < 1.29 is 19.1 Å². The maximum atomic E-state index is 12.5. The summed E-state index contributed by atoms with van der Waals surface area (Å²) in [4.78, 5) is 39.2. The van der Waals surface area contributed by atoms with E-state index in [4.69, 9.17) is 0 Å². The van der Waals surface area contributed by atoms with Crippen molar-refractivity contribution in [3.63, 3.8) is 0 Å². The van der Waals surface area contributed by atoms with E-state index in [0.29, 0.717) is 24.6 Å². The van der Waals surface area contributed by atoms with Crippen LogP contribution in [0, 0.1) is 5.41 Å². The minimum absolute atomic E-state index is 0.0113. The minimum Gasteiger partial charge on any atom is -0.469 e. The van der Waals surface area contributed by atoms with Gasteiger partial charge in [-0.3, -0.25) is 14.4 Å². The molecule has 2 amide bonds. The number of hydrogen-bond acceptors (Lipinski definition) is 5. The molecule has 1 aliphatic heterocycles. The van der Waals surface area contributed by atoms with Gasteiger partial charge < -0.3 is 14.5 Å². The summed E-state index contributed by atoms with van der Waals surface area (Å²) in [5.74, 6) is 0.711. The van der Waals surface area contributed by atoms with Crippen molar-refractivity contribution in [3.05, 3.63) is 0 Å². The molecule has 1 saturated heterocycles. The van der Waals surface area contributed by atoms with Crippen LogP contribution in [0.2, 0.25) is 0 Å². The number of thioether (sulfide) groups is 1. The molecule has 0 aliphatic carbocycles. The van der Waals surface area contributed by atoms with Gasteiger partial charge in [0, 0.05) is 25.8 Å². The van der Waals surface area contributed by atoms with Crippen LogP contribution in [0.3, 0.4) is 0 Å². The summed E-state index contributed by atoms with van der Waals surface area (Å²) in [5.41, 5.74) is -0.102. The van der Waals surface area contributed by atoms with Gasteiger partial charge in [-0.2, -0.15) is 0 Å². The van der Waals surface area contributed by atoms with Crippen molar-refractivity contribution in [2.75, 3.05) is 32.3 Å². The molecule has 0 N–H and O–H groups in total. The number of carbonyl (C=O) groups excluding carboxylic acids is 3. The molecule has 1 aliphatic rings. The number of hydrogen-bond donors (Lipinski definition) is 0. The first-order chi connectivity index (χ1) is 10.2. The van der Waals surface area contributed by atoms with E-state index in [-0.39, 0.29) is 29.6 Å². The fourth-order valence-electron chi connectivity index (χ4n) is 2.17. The highest BCUT2D eigenvalue weighted by atomic mass is 32.2. The first-order valence-corrected chi connectivity index (χ1v) is 8.50. The second-order valence-electron chi connectivity index (χ2n) is 6.70. The summed E-state index contributed by atoms with van der Waals surface area (Å²) >= 11 is 1.59. The predicted octanol–water partition coefficient (Wildman–Crippen LogP) is 1.35. The Hall–Kier alpha value is -1.24. The third-order valence-electron chi connectivity index (χ3n) is 3.42. The second-order valence-corrected chi connectivity index (χ2v) is 7.70. The molecule has 1 atom stereocenters. The Morgan fingerprint density at radius 2 is 1.95 bits per heavy atom. The molecule has 0 unspecified atom stereocenters. The van der Waals surface area contributed by atoms with Gasteiger partial charge in [0.25, 0.3) is 0 Å². The molecule has 6 nitrogen and oxygen atoms in total. The van der Waals surface area contributed by atoms with Gasteiger partial charge in [-0.1, -0.05) is 20.8 Å². The highest BCUT2D eigenvalue weighted by Crippen LogP contribution is 2.27. The summed E-state index contributed by atoms with van der Waals surface area (Å²) in [7, 11) is 2.98. The van der Waals surface area contributed by atoms with E-state index in [1.165, 1.54) is 12.0 Å². The first kappa shape index (κ1) is 18.8. The van der Waals surface area contributed by atoms with E-state index in [0.717, 1.165) is 0 Å². The molecular formula is C15H26N2O4S. The van der Waals surface area contributed by atoms with Gasteiger partial charge in [0.15, 0.2) is 0 Å². The average molecular weight is 330 g/mol. The molecule has 0 spiro atoms. The van der Waals surface area contributed by atoms with Crippen LogP contribution < -0.4 is 0 Å². The highest BCUT2D eigenvalue weighted by Gasteiger charge is 2.37. The van der Waals surface area contributed by atoms with Gasteiger partial charge in [0.2, 0.25) is 11.8 Å². The van der Waals surface area contributed by atoms with E-state index in [1.54, 1.807) is 23.7 Å². The zero-order valence-electron chi connectivity index (χ0n) is 14.0. The van der Waals surface area contributed by atoms with Gasteiger partial charge in [0.1, 0.15) is 6.04 Å². The summed E-state index contributed by atoms with van der Waals surface area (Å²) in [6, 6.07) is -0.428. The topological polar surface area (TPSA) is 66.9 Å². The second kappa shape index (κ2) is 7.85. The monoisotopic (exact) mass is 330 g/mol. The van der Waals surface area contributed by atoms with Gasteiger partial charge in [-0.15, -0.1) is 11.8 Å². The summed E-state index contributed by atoms with van der Waals surface area (Å²) < 4.78 is 4.57. The Morgan fingerprint density at radius 3 is 2.50 bits per heavy atom. The lowest BCUT2D eigenvalue weighted by Crippen LogP contribution is -2.48. The van der Waals surface area contributed by atoms with E-state index >= 15 is 0 Å². The van der Waals surface area contributed by atoms with E-state index in [2.05, 4.69) is 4.74 Å². The lowest BCUT2D eigenvalue weighted by atomic mass is 9.91. The molecule has 7 heteroatoms. The predicted molar refractivity (Wildman–Crippen MR) is 86.3 cm³/mol. The van der Waals surface area contributed by atoms with Gasteiger partial charge in [-0.05, 0) is 5.41 Å².